The molecule has 24 heavy (non-hydrogen) atoms. The topological polar surface area (TPSA) is 64.6 Å². The molecule has 0 unspecified atom stereocenters. The molecule has 0 saturated carbocycles. The van der Waals surface area contributed by atoms with Crippen molar-refractivity contribution in [2.75, 3.05) is 6.79 Å². The Morgan fingerprint density at radius 3 is 2.33 bits per heavy atom. The molecule has 0 saturated heterocycles. The lowest BCUT2D eigenvalue weighted by Gasteiger charge is -2.19. The van der Waals surface area contributed by atoms with E-state index in [1.165, 1.54) is 0 Å². The number of benzene rings is 2. The lowest BCUT2D eigenvalue weighted by Crippen LogP contribution is -2.23. The molecule has 3 rings (SSSR count). The van der Waals surface area contributed by atoms with Crippen LogP contribution in [-0.2, 0) is 22.0 Å². The number of nitrogens with one attached hydrogen (secondary N) is 1. The molecule has 1 N–H and O–H groups in total. The van der Waals surface area contributed by atoms with E-state index in [1.54, 1.807) is 24.3 Å². The molecule has 1 heterocycles. The van der Waals surface area contributed by atoms with Gasteiger partial charge < -0.3 is 9.47 Å². The van der Waals surface area contributed by atoms with Crippen LogP contribution in [0.3, 0.4) is 0 Å². The zero-order valence-corrected chi connectivity index (χ0v) is 14.8. The number of hydrogen-bond donors (Lipinski definition) is 1. The van der Waals surface area contributed by atoms with Gasteiger partial charge in [0.15, 0.2) is 11.5 Å². The highest BCUT2D eigenvalue weighted by Crippen LogP contribution is 2.32. The third-order valence-electron chi connectivity index (χ3n) is 3.93. The number of sulfonamides is 1. The van der Waals surface area contributed by atoms with Crippen molar-refractivity contribution >= 4 is 10.0 Å². The minimum atomic E-state index is -3.56. The van der Waals surface area contributed by atoms with Gasteiger partial charge in [0.25, 0.3) is 0 Å². The summed E-state index contributed by atoms with van der Waals surface area (Å²) in [6.07, 6.45) is 0. The van der Waals surface area contributed by atoms with Crippen LogP contribution in [0, 0.1) is 0 Å². The molecule has 2 aromatic rings. The zero-order chi connectivity index (χ0) is 17.4. The van der Waals surface area contributed by atoms with Crippen molar-refractivity contribution in [1.29, 1.82) is 0 Å². The fourth-order valence-corrected chi connectivity index (χ4v) is 3.46. The molecule has 2 aromatic carbocycles. The summed E-state index contributed by atoms with van der Waals surface area (Å²) in [4.78, 5) is 0.260. The second-order valence-electron chi connectivity index (χ2n) is 6.79. The van der Waals surface area contributed by atoms with E-state index in [2.05, 4.69) is 25.5 Å². The van der Waals surface area contributed by atoms with Gasteiger partial charge in [0.2, 0.25) is 16.8 Å². The molecule has 1 aliphatic heterocycles. The van der Waals surface area contributed by atoms with Gasteiger partial charge in [0.1, 0.15) is 0 Å². The molecule has 1 aliphatic rings. The predicted molar refractivity (Wildman–Crippen MR) is 91.7 cm³/mol. The smallest absolute Gasteiger partial charge is 0.240 e. The SMILES string of the molecule is CC(C)(C)c1ccc(S(=O)(=O)NCc2ccc3c(c2)OCO3)cc1. The maximum atomic E-state index is 12.4. The maximum Gasteiger partial charge on any atom is 0.240 e. The van der Waals surface area contributed by atoms with E-state index < -0.39 is 10.0 Å². The Morgan fingerprint density at radius 2 is 1.67 bits per heavy atom. The van der Waals surface area contributed by atoms with Gasteiger partial charge in [-0.25, -0.2) is 13.1 Å². The molecule has 5 nitrogen and oxygen atoms in total. The van der Waals surface area contributed by atoms with E-state index in [1.807, 2.05) is 18.2 Å². The summed E-state index contributed by atoms with van der Waals surface area (Å²) >= 11 is 0. The van der Waals surface area contributed by atoms with Crippen LogP contribution in [0.1, 0.15) is 31.9 Å². The quantitative estimate of drug-likeness (QED) is 0.922. The molecule has 0 atom stereocenters. The molecular weight excluding hydrogens is 326 g/mol. The summed E-state index contributed by atoms with van der Waals surface area (Å²) in [5, 5.41) is 0. The van der Waals surface area contributed by atoms with Gasteiger partial charge in [-0.1, -0.05) is 39.0 Å². The Morgan fingerprint density at radius 1 is 1.00 bits per heavy atom. The first-order chi connectivity index (χ1) is 11.3. The van der Waals surface area contributed by atoms with Gasteiger partial charge in [0.05, 0.1) is 4.90 Å². The highest BCUT2D eigenvalue weighted by molar-refractivity contribution is 7.89. The van der Waals surface area contributed by atoms with E-state index in [9.17, 15) is 8.42 Å². The molecule has 128 valence electrons. The summed E-state index contributed by atoms with van der Waals surface area (Å²) in [7, 11) is -3.56. The van der Waals surface area contributed by atoms with Crippen LogP contribution in [0.15, 0.2) is 47.4 Å². The molecule has 0 radical (unpaired) electrons. The maximum absolute atomic E-state index is 12.4. The molecule has 0 amide bonds. The number of ether oxygens (including phenoxy) is 2. The molecule has 0 fully saturated rings. The van der Waals surface area contributed by atoms with E-state index in [0.717, 1.165) is 11.1 Å². The number of hydrogen-bond acceptors (Lipinski definition) is 4. The first-order valence-electron chi connectivity index (χ1n) is 7.74. The highest BCUT2D eigenvalue weighted by atomic mass is 32.2. The zero-order valence-electron chi connectivity index (χ0n) is 14.0. The van der Waals surface area contributed by atoms with Crippen molar-refractivity contribution in [3.63, 3.8) is 0 Å². The first-order valence-corrected chi connectivity index (χ1v) is 9.23. The van der Waals surface area contributed by atoms with Crippen molar-refractivity contribution < 1.29 is 17.9 Å². The Labute approximate surface area is 142 Å². The lowest BCUT2D eigenvalue weighted by molar-refractivity contribution is 0.174. The Balaban J connectivity index is 1.72. The second-order valence-corrected chi connectivity index (χ2v) is 8.55. The minimum Gasteiger partial charge on any atom is -0.454 e. The monoisotopic (exact) mass is 347 g/mol. The standard InChI is InChI=1S/C18H21NO4S/c1-18(2,3)14-5-7-15(8-6-14)24(20,21)19-11-13-4-9-16-17(10-13)23-12-22-16/h4-10,19H,11-12H2,1-3H3. The minimum absolute atomic E-state index is 0.0117. The summed E-state index contributed by atoms with van der Waals surface area (Å²) in [5.41, 5.74) is 1.90. The largest absolute Gasteiger partial charge is 0.454 e. The Kier molecular flexibility index (Phi) is 4.27. The second kappa shape index (κ2) is 6.11. The average Bonchev–Trinajstić information content (AvgIpc) is 3.00. The van der Waals surface area contributed by atoms with Crippen molar-refractivity contribution in [1.82, 2.24) is 4.72 Å². The summed E-state index contributed by atoms with van der Waals surface area (Å²) in [6, 6.07) is 12.4. The lowest BCUT2D eigenvalue weighted by atomic mass is 9.87. The summed E-state index contributed by atoms with van der Waals surface area (Å²) in [6.45, 7) is 6.67. The molecule has 0 spiro atoms. The normalized spacial score (nSPS) is 14.0. The van der Waals surface area contributed by atoms with Crippen molar-refractivity contribution in [3.05, 3.63) is 53.6 Å². The fraction of sp³-hybridized carbons (Fsp3) is 0.333. The van der Waals surface area contributed by atoms with Crippen molar-refractivity contribution in [3.8, 4) is 11.5 Å². The number of rotatable bonds is 4. The summed E-state index contributed by atoms with van der Waals surface area (Å²) < 4.78 is 38.0. The van der Waals surface area contributed by atoms with E-state index in [0.29, 0.717) is 11.5 Å². The highest BCUT2D eigenvalue weighted by Gasteiger charge is 2.18. The van der Waals surface area contributed by atoms with Crippen LogP contribution in [0.2, 0.25) is 0 Å². The van der Waals surface area contributed by atoms with E-state index >= 15 is 0 Å². The molecule has 0 aliphatic carbocycles. The Bertz CT molecular complexity index is 836. The average molecular weight is 347 g/mol. The van der Waals surface area contributed by atoms with E-state index in [4.69, 9.17) is 9.47 Å². The van der Waals surface area contributed by atoms with E-state index in [-0.39, 0.29) is 23.6 Å². The van der Waals surface area contributed by atoms with Gasteiger partial charge in [-0.2, -0.15) is 0 Å². The van der Waals surface area contributed by atoms with Gasteiger partial charge in [-0.15, -0.1) is 0 Å². The summed E-state index contributed by atoms with van der Waals surface area (Å²) in [5.74, 6) is 1.32. The van der Waals surface area contributed by atoms with Crippen LogP contribution < -0.4 is 14.2 Å². The van der Waals surface area contributed by atoms with Crippen LogP contribution in [-0.4, -0.2) is 15.2 Å². The van der Waals surface area contributed by atoms with Crippen LogP contribution in [0.4, 0.5) is 0 Å². The van der Waals surface area contributed by atoms with Crippen LogP contribution in [0.25, 0.3) is 0 Å². The molecule has 0 bridgehead atoms. The molecule has 6 heteroatoms. The Hall–Kier alpha value is -2.05. The van der Waals surface area contributed by atoms with Crippen molar-refractivity contribution in [2.24, 2.45) is 0 Å². The third kappa shape index (κ3) is 3.55. The van der Waals surface area contributed by atoms with Gasteiger partial charge >= 0.3 is 0 Å². The molecular formula is C18H21NO4S. The molecule has 0 aromatic heterocycles. The fourth-order valence-electron chi connectivity index (χ4n) is 2.45. The van der Waals surface area contributed by atoms with Crippen molar-refractivity contribution in [2.45, 2.75) is 37.6 Å². The predicted octanol–water partition coefficient (Wildman–Crippen LogP) is 3.19. The number of fused-ring (bicyclic) bond motifs is 1. The first kappa shape index (κ1) is 16.8. The third-order valence-corrected chi connectivity index (χ3v) is 5.35. The van der Waals surface area contributed by atoms with Gasteiger partial charge in [-0.05, 0) is 40.8 Å². The van der Waals surface area contributed by atoms with Crippen LogP contribution >= 0.6 is 0 Å². The van der Waals surface area contributed by atoms with Gasteiger partial charge in [0, 0.05) is 6.54 Å². The van der Waals surface area contributed by atoms with Crippen LogP contribution in [0.5, 0.6) is 11.5 Å². The van der Waals surface area contributed by atoms with Gasteiger partial charge in [-0.3, -0.25) is 0 Å².